The molecule has 0 aliphatic heterocycles. The molecule has 8 nitrogen and oxygen atoms in total. The molecule has 2 aromatic rings. The molecule has 0 spiro atoms. The molecular weight excluding hydrogens is 445 g/mol. The second-order valence-corrected chi connectivity index (χ2v) is 10.5. The molecule has 158 valence electrons. The Bertz CT molecular complexity index is 1140. The maximum absolute atomic E-state index is 13.4. The van der Waals surface area contributed by atoms with Crippen LogP contribution in [0.25, 0.3) is 0 Å². The lowest BCUT2D eigenvalue weighted by Crippen LogP contribution is -2.37. The Kier molecular flexibility index (Phi) is 6.76. The van der Waals surface area contributed by atoms with Gasteiger partial charge in [0.15, 0.2) is 0 Å². The Morgan fingerprint density at radius 1 is 1.03 bits per heavy atom. The van der Waals surface area contributed by atoms with Crippen LogP contribution < -0.4 is 13.9 Å². The van der Waals surface area contributed by atoms with Crippen molar-refractivity contribution >= 4 is 54.6 Å². The van der Waals surface area contributed by atoms with Crippen molar-refractivity contribution in [2.24, 2.45) is 0 Å². The van der Waals surface area contributed by atoms with Gasteiger partial charge in [0, 0.05) is 12.7 Å². The molecule has 0 fully saturated rings. The lowest BCUT2D eigenvalue weighted by molar-refractivity contribution is -0.114. The van der Waals surface area contributed by atoms with Crippen molar-refractivity contribution in [2.75, 3.05) is 40.0 Å². The average Bonchev–Trinajstić information content (AvgIpc) is 2.60. The SMILES string of the molecule is CN(c1cccc(NC(=O)CN(c2ccc(F)c(Cl)c2)S(C)(=O)=O)c1)S(C)(=O)=O. The molecule has 1 amide bonds. The van der Waals surface area contributed by atoms with Crippen LogP contribution in [0.3, 0.4) is 0 Å². The van der Waals surface area contributed by atoms with Crippen LogP contribution in [0.5, 0.6) is 0 Å². The first kappa shape index (κ1) is 22.9. The third-order valence-corrected chi connectivity index (χ3v) is 6.51. The van der Waals surface area contributed by atoms with Gasteiger partial charge in [-0.2, -0.15) is 0 Å². The second-order valence-electron chi connectivity index (χ2n) is 6.20. The zero-order chi connectivity index (χ0) is 22.0. The zero-order valence-electron chi connectivity index (χ0n) is 15.8. The maximum atomic E-state index is 13.4. The van der Waals surface area contributed by atoms with Gasteiger partial charge < -0.3 is 5.32 Å². The molecule has 0 bridgehead atoms. The average molecular weight is 464 g/mol. The summed E-state index contributed by atoms with van der Waals surface area (Å²) in [5, 5.41) is 2.23. The molecular formula is C17H19ClFN3O5S2. The lowest BCUT2D eigenvalue weighted by Gasteiger charge is -2.22. The van der Waals surface area contributed by atoms with Gasteiger partial charge in [-0.3, -0.25) is 13.4 Å². The molecule has 1 N–H and O–H groups in total. The molecule has 12 heteroatoms. The molecule has 2 rings (SSSR count). The standard InChI is InChI=1S/C17H19ClFN3O5S2/c1-21(28(2,24)25)13-6-4-5-12(9-13)20-17(23)11-22(29(3,26)27)14-7-8-16(19)15(18)10-14/h4-10H,11H2,1-3H3,(H,20,23). The quantitative estimate of drug-likeness (QED) is 0.678. The summed E-state index contributed by atoms with van der Waals surface area (Å²) in [6.45, 7) is -0.590. The van der Waals surface area contributed by atoms with E-state index in [0.29, 0.717) is 5.69 Å². The predicted molar refractivity (Wildman–Crippen MR) is 112 cm³/mol. The van der Waals surface area contributed by atoms with Crippen molar-refractivity contribution in [2.45, 2.75) is 0 Å². The predicted octanol–water partition coefficient (Wildman–Crippen LogP) is 2.28. The van der Waals surface area contributed by atoms with Crippen molar-refractivity contribution in [3.8, 4) is 0 Å². The van der Waals surface area contributed by atoms with Gasteiger partial charge in [0.2, 0.25) is 26.0 Å². The Labute approximate surface area is 174 Å². The van der Waals surface area contributed by atoms with E-state index >= 15 is 0 Å². The topological polar surface area (TPSA) is 104 Å². The van der Waals surface area contributed by atoms with Crippen LogP contribution in [0.4, 0.5) is 21.5 Å². The number of benzene rings is 2. The first-order valence-corrected chi connectivity index (χ1v) is 12.1. The number of hydrogen-bond acceptors (Lipinski definition) is 5. The first-order chi connectivity index (χ1) is 13.3. The van der Waals surface area contributed by atoms with Crippen LogP contribution in [0, 0.1) is 5.82 Å². The number of sulfonamides is 2. The van der Waals surface area contributed by atoms with Crippen LogP contribution in [0.1, 0.15) is 0 Å². The van der Waals surface area contributed by atoms with Gasteiger partial charge in [-0.15, -0.1) is 0 Å². The molecule has 0 atom stereocenters. The highest BCUT2D eigenvalue weighted by atomic mass is 35.5. The van der Waals surface area contributed by atoms with E-state index in [1.807, 2.05) is 0 Å². The van der Waals surface area contributed by atoms with E-state index in [-0.39, 0.29) is 16.4 Å². The zero-order valence-corrected chi connectivity index (χ0v) is 18.1. The van der Waals surface area contributed by atoms with E-state index in [1.165, 1.54) is 25.2 Å². The molecule has 2 aromatic carbocycles. The van der Waals surface area contributed by atoms with Crippen LogP contribution in [-0.4, -0.2) is 48.8 Å². The number of carbonyl (C=O) groups excluding carboxylic acids is 1. The number of hydrogen-bond donors (Lipinski definition) is 1. The summed E-state index contributed by atoms with van der Waals surface area (Å²) in [6.07, 6.45) is 1.94. The molecule has 0 heterocycles. The number of nitrogens with zero attached hydrogens (tertiary/aromatic N) is 2. The summed E-state index contributed by atoms with van der Waals surface area (Å²) in [7, 11) is -6.00. The van der Waals surface area contributed by atoms with Gasteiger partial charge in [-0.25, -0.2) is 21.2 Å². The largest absolute Gasteiger partial charge is 0.324 e. The van der Waals surface area contributed by atoms with Crippen molar-refractivity contribution in [3.05, 3.63) is 53.3 Å². The number of halogens is 2. The molecule has 0 aliphatic rings. The van der Waals surface area contributed by atoms with Gasteiger partial charge in [0.05, 0.1) is 28.9 Å². The monoisotopic (exact) mass is 463 g/mol. The number of amides is 1. The Balaban J connectivity index is 2.24. The Morgan fingerprint density at radius 2 is 1.69 bits per heavy atom. The van der Waals surface area contributed by atoms with E-state index in [0.717, 1.165) is 33.3 Å². The van der Waals surface area contributed by atoms with E-state index in [1.54, 1.807) is 12.1 Å². The molecule has 0 saturated carbocycles. The van der Waals surface area contributed by atoms with Gasteiger partial charge in [0.25, 0.3) is 0 Å². The third kappa shape index (κ3) is 6.05. The second kappa shape index (κ2) is 8.56. The molecule has 0 unspecified atom stereocenters. The molecule has 29 heavy (non-hydrogen) atoms. The van der Waals surface area contributed by atoms with E-state index in [2.05, 4.69) is 5.32 Å². The molecule has 0 saturated heterocycles. The minimum Gasteiger partial charge on any atom is -0.324 e. The number of rotatable bonds is 7. The van der Waals surface area contributed by atoms with Crippen molar-refractivity contribution in [1.82, 2.24) is 0 Å². The van der Waals surface area contributed by atoms with Gasteiger partial charge in [0.1, 0.15) is 12.4 Å². The highest BCUT2D eigenvalue weighted by Crippen LogP contribution is 2.25. The fourth-order valence-corrected chi connectivity index (χ4v) is 3.86. The fraction of sp³-hybridized carbons (Fsp3) is 0.235. The van der Waals surface area contributed by atoms with Crippen molar-refractivity contribution < 1.29 is 26.0 Å². The summed E-state index contributed by atoms with van der Waals surface area (Å²) in [4.78, 5) is 12.4. The van der Waals surface area contributed by atoms with E-state index in [9.17, 15) is 26.0 Å². The van der Waals surface area contributed by atoms with E-state index in [4.69, 9.17) is 11.6 Å². The lowest BCUT2D eigenvalue weighted by atomic mass is 10.2. The summed E-state index contributed by atoms with van der Waals surface area (Å²) in [6, 6.07) is 9.33. The maximum Gasteiger partial charge on any atom is 0.245 e. The Hall–Kier alpha value is -2.37. The van der Waals surface area contributed by atoms with Crippen LogP contribution in [-0.2, 0) is 24.8 Å². The molecule has 0 radical (unpaired) electrons. The van der Waals surface area contributed by atoms with Gasteiger partial charge in [-0.1, -0.05) is 17.7 Å². The Morgan fingerprint density at radius 3 is 2.24 bits per heavy atom. The number of anilines is 3. The van der Waals surface area contributed by atoms with Gasteiger partial charge in [-0.05, 0) is 36.4 Å². The fourth-order valence-electron chi connectivity index (χ4n) is 2.34. The minimum atomic E-state index is -3.87. The third-order valence-electron chi connectivity index (χ3n) is 3.87. The summed E-state index contributed by atoms with van der Waals surface area (Å²) in [5.74, 6) is -1.41. The van der Waals surface area contributed by atoms with Crippen LogP contribution in [0.2, 0.25) is 5.02 Å². The first-order valence-electron chi connectivity index (χ1n) is 8.05. The highest BCUT2D eigenvalue weighted by molar-refractivity contribution is 7.92. The normalized spacial score (nSPS) is 11.8. The number of nitrogens with one attached hydrogen (secondary N) is 1. The number of carbonyl (C=O) groups is 1. The van der Waals surface area contributed by atoms with Crippen LogP contribution in [0.15, 0.2) is 42.5 Å². The molecule has 0 aromatic heterocycles. The van der Waals surface area contributed by atoms with Gasteiger partial charge >= 0.3 is 0 Å². The smallest absolute Gasteiger partial charge is 0.245 e. The van der Waals surface area contributed by atoms with Crippen molar-refractivity contribution in [1.29, 1.82) is 0 Å². The van der Waals surface area contributed by atoms with Crippen LogP contribution >= 0.6 is 11.6 Å². The minimum absolute atomic E-state index is 0.0274. The summed E-state index contributed by atoms with van der Waals surface area (Å²) >= 11 is 5.71. The van der Waals surface area contributed by atoms with Crippen molar-refractivity contribution in [3.63, 3.8) is 0 Å². The van der Waals surface area contributed by atoms with E-state index < -0.39 is 38.3 Å². The molecule has 0 aliphatic carbocycles. The highest BCUT2D eigenvalue weighted by Gasteiger charge is 2.22. The summed E-state index contributed by atoms with van der Waals surface area (Å²) < 4.78 is 62.7. The summed E-state index contributed by atoms with van der Waals surface area (Å²) in [5.41, 5.74) is 0.615.